The Morgan fingerprint density at radius 3 is 2.83 bits per heavy atom. The average molecular weight is 251 g/mol. The van der Waals surface area contributed by atoms with Crippen LogP contribution in [0.1, 0.15) is 20.8 Å². The molecule has 0 aliphatic carbocycles. The molecule has 2 aromatic rings. The maximum absolute atomic E-state index is 13.1. The summed E-state index contributed by atoms with van der Waals surface area (Å²) in [6.07, 6.45) is 0. The van der Waals surface area contributed by atoms with Gasteiger partial charge in [0, 0.05) is 12.7 Å². The van der Waals surface area contributed by atoms with Gasteiger partial charge >= 0.3 is 0 Å². The number of benzene rings is 1. The Morgan fingerprint density at radius 2 is 2.17 bits per heavy atom. The second kappa shape index (κ2) is 4.57. The quantitative estimate of drug-likeness (QED) is 0.908. The van der Waals surface area contributed by atoms with E-state index in [1.807, 2.05) is 25.3 Å². The lowest BCUT2D eigenvalue weighted by Gasteiger charge is -2.25. The number of fused-ring (bicyclic) bond motifs is 1. The summed E-state index contributed by atoms with van der Waals surface area (Å²) in [6, 6.07) is 4.49. The Morgan fingerprint density at radius 1 is 1.44 bits per heavy atom. The monoisotopic (exact) mass is 251 g/mol. The number of hydrogen-bond acceptors (Lipinski definition) is 3. The molecule has 0 spiro atoms. The van der Waals surface area contributed by atoms with Gasteiger partial charge in [0.15, 0.2) is 0 Å². The van der Waals surface area contributed by atoms with E-state index in [1.54, 1.807) is 6.07 Å². The first kappa shape index (κ1) is 12.8. The smallest absolute Gasteiger partial charge is 0.201 e. The van der Waals surface area contributed by atoms with Crippen LogP contribution in [0.15, 0.2) is 18.2 Å². The highest BCUT2D eigenvalue weighted by Gasteiger charge is 2.21. The number of anilines is 1. The van der Waals surface area contributed by atoms with Crippen LogP contribution in [0, 0.1) is 5.82 Å². The molecule has 5 heteroatoms. The number of rotatable bonds is 4. The lowest BCUT2D eigenvalue weighted by Crippen LogP contribution is -2.31. The van der Waals surface area contributed by atoms with Crippen LogP contribution < -0.4 is 5.73 Å². The number of ether oxygens (including phenoxy) is 1. The molecule has 1 heterocycles. The zero-order valence-electron chi connectivity index (χ0n) is 10.9. The summed E-state index contributed by atoms with van der Waals surface area (Å²) >= 11 is 0. The Kier molecular flexibility index (Phi) is 3.26. The predicted octanol–water partition coefficient (Wildman–Crippen LogP) is 2.57. The van der Waals surface area contributed by atoms with Crippen LogP contribution >= 0.6 is 0 Å². The second-order valence-electron chi connectivity index (χ2n) is 4.88. The largest absolute Gasteiger partial charge is 0.374 e. The molecule has 0 saturated heterocycles. The zero-order chi connectivity index (χ0) is 13.3. The molecule has 0 fully saturated rings. The van der Waals surface area contributed by atoms with Gasteiger partial charge in [-0.25, -0.2) is 9.37 Å². The van der Waals surface area contributed by atoms with Gasteiger partial charge in [-0.05, 0) is 32.9 Å². The van der Waals surface area contributed by atoms with Gasteiger partial charge in [0.1, 0.15) is 5.82 Å². The summed E-state index contributed by atoms with van der Waals surface area (Å²) in [5.41, 5.74) is 6.93. The summed E-state index contributed by atoms with van der Waals surface area (Å²) in [6.45, 7) is 7.14. The summed E-state index contributed by atoms with van der Waals surface area (Å²) in [7, 11) is 0. The van der Waals surface area contributed by atoms with Crippen molar-refractivity contribution in [3.05, 3.63) is 24.0 Å². The van der Waals surface area contributed by atoms with E-state index in [-0.39, 0.29) is 11.4 Å². The molecule has 98 valence electrons. The number of nitrogens with two attached hydrogens (primary N) is 1. The van der Waals surface area contributed by atoms with Crippen molar-refractivity contribution in [2.45, 2.75) is 32.9 Å². The SMILES string of the molecule is CCOC(C)(C)Cn1c(N)nc2cc(F)ccc21. The Bertz CT molecular complexity index is 563. The fourth-order valence-electron chi connectivity index (χ4n) is 2.10. The van der Waals surface area contributed by atoms with E-state index in [0.29, 0.717) is 24.6 Å². The molecule has 0 bridgehead atoms. The minimum Gasteiger partial charge on any atom is -0.374 e. The fraction of sp³-hybridized carbons (Fsp3) is 0.462. The van der Waals surface area contributed by atoms with Crippen molar-refractivity contribution in [3.8, 4) is 0 Å². The van der Waals surface area contributed by atoms with E-state index in [4.69, 9.17) is 10.5 Å². The summed E-state index contributed by atoms with van der Waals surface area (Å²) in [5.74, 6) is 0.0691. The molecule has 4 nitrogen and oxygen atoms in total. The van der Waals surface area contributed by atoms with E-state index in [0.717, 1.165) is 5.52 Å². The van der Waals surface area contributed by atoms with Gasteiger partial charge in [-0.15, -0.1) is 0 Å². The average Bonchev–Trinajstić information content (AvgIpc) is 2.54. The first-order valence-electron chi connectivity index (χ1n) is 5.98. The van der Waals surface area contributed by atoms with Gasteiger partial charge in [-0.1, -0.05) is 0 Å². The topological polar surface area (TPSA) is 53.1 Å². The second-order valence-corrected chi connectivity index (χ2v) is 4.88. The molecule has 0 aliphatic rings. The van der Waals surface area contributed by atoms with Gasteiger partial charge in [0.05, 0.1) is 23.2 Å². The van der Waals surface area contributed by atoms with Crippen molar-refractivity contribution in [2.24, 2.45) is 0 Å². The van der Waals surface area contributed by atoms with E-state index >= 15 is 0 Å². The van der Waals surface area contributed by atoms with Crippen LogP contribution in [-0.2, 0) is 11.3 Å². The van der Waals surface area contributed by atoms with Crippen molar-refractivity contribution in [3.63, 3.8) is 0 Å². The van der Waals surface area contributed by atoms with Gasteiger partial charge in [0.25, 0.3) is 0 Å². The molecular formula is C13H18FN3O. The van der Waals surface area contributed by atoms with E-state index in [9.17, 15) is 4.39 Å². The Labute approximate surface area is 106 Å². The third kappa shape index (κ3) is 2.46. The van der Waals surface area contributed by atoms with Crippen molar-refractivity contribution in [1.29, 1.82) is 0 Å². The molecule has 0 amide bonds. The zero-order valence-corrected chi connectivity index (χ0v) is 10.9. The highest BCUT2D eigenvalue weighted by molar-refractivity contribution is 5.78. The Balaban J connectivity index is 2.41. The first-order valence-corrected chi connectivity index (χ1v) is 5.98. The normalized spacial score (nSPS) is 12.2. The van der Waals surface area contributed by atoms with Crippen molar-refractivity contribution in [1.82, 2.24) is 9.55 Å². The van der Waals surface area contributed by atoms with Crippen LogP contribution in [0.3, 0.4) is 0 Å². The number of aromatic nitrogens is 2. The third-order valence-corrected chi connectivity index (χ3v) is 2.81. The van der Waals surface area contributed by atoms with E-state index in [1.165, 1.54) is 12.1 Å². The van der Waals surface area contributed by atoms with Crippen LogP contribution in [-0.4, -0.2) is 21.8 Å². The molecule has 2 N–H and O–H groups in total. The van der Waals surface area contributed by atoms with Crippen molar-refractivity contribution >= 4 is 17.0 Å². The molecule has 1 aromatic carbocycles. The van der Waals surface area contributed by atoms with Crippen LogP contribution in [0.25, 0.3) is 11.0 Å². The van der Waals surface area contributed by atoms with Crippen LogP contribution in [0.4, 0.5) is 10.3 Å². The Hall–Kier alpha value is -1.62. The highest BCUT2D eigenvalue weighted by atomic mass is 19.1. The lowest BCUT2D eigenvalue weighted by atomic mass is 10.1. The van der Waals surface area contributed by atoms with Gasteiger partial charge < -0.3 is 15.0 Å². The molecule has 0 atom stereocenters. The van der Waals surface area contributed by atoms with E-state index in [2.05, 4.69) is 4.98 Å². The minimum absolute atomic E-state index is 0.309. The first-order chi connectivity index (χ1) is 8.43. The molecular weight excluding hydrogens is 233 g/mol. The fourth-order valence-corrected chi connectivity index (χ4v) is 2.10. The lowest BCUT2D eigenvalue weighted by molar-refractivity contribution is -0.0212. The maximum atomic E-state index is 13.1. The predicted molar refractivity (Wildman–Crippen MR) is 69.8 cm³/mol. The van der Waals surface area contributed by atoms with Gasteiger partial charge in [-0.2, -0.15) is 0 Å². The maximum Gasteiger partial charge on any atom is 0.201 e. The van der Waals surface area contributed by atoms with Gasteiger partial charge in [-0.3, -0.25) is 0 Å². The molecule has 0 saturated carbocycles. The van der Waals surface area contributed by atoms with Crippen molar-refractivity contribution in [2.75, 3.05) is 12.3 Å². The number of hydrogen-bond donors (Lipinski definition) is 1. The molecule has 0 unspecified atom stereocenters. The summed E-state index contributed by atoms with van der Waals surface area (Å²) < 4.78 is 20.6. The molecule has 2 rings (SSSR count). The van der Waals surface area contributed by atoms with Crippen LogP contribution in [0.2, 0.25) is 0 Å². The highest BCUT2D eigenvalue weighted by Crippen LogP contribution is 2.22. The van der Waals surface area contributed by atoms with Crippen molar-refractivity contribution < 1.29 is 9.13 Å². The van der Waals surface area contributed by atoms with Gasteiger partial charge in [0.2, 0.25) is 5.95 Å². The molecule has 18 heavy (non-hydrogen) atoms. The van der Waals surface area contributed by atoms with Crippen LogP contribution in [0.5, 0.6) is 0 Å². The molecule has 0 radical (unpaired) electrons. The number of nitrogen functional groups attached to an aromatic ring is 1. The number of imidazole rings is 1. The minimum atomic E-state index is -0.342. The standard InChI is InChI=1S/C13H18FN3O/c1-4-18-13(2,3)8-17-11-6-5-9(14)7-10(11)16-12(17)15/h5-7H,4,8H2,1-3H3,(H2,15,16). The summed E-state index contributed by atoms with van der Waals surface area (Å²) in [5, 5.41) is 0. The third-order valence-electron chi connectivity index (χ3n) is 2.81. The van der Waals surface area contributed by atoms with E-state index < -0.39 is 0 Å². The number of nitrogens with zero attached hydrogens (tertiary/aromatic N) is 2. The number of halogens is 1. The summed E-state index contributed by atoms with van der Waals surface area (Å²) in [4.78, 5) is 4.16. The molecule has 1 aromatic heterocycles. The molecule has 0 aliphatic heterocycles.